The first-order valence-electron chi connectivity index (χ1n) is 6.47. The van der Waals surface area contributed by atoms with Crippen LogP contribution in [0.3, 0.4) is 0 Å². The molecule has 2 heterocycles. The van der Waals surface area contributed by atoms with Gasteiger partial charge in [-0.15, -0.1) is 0 Å². The third-order valence-corrected chi connectivity index (χ3v) is 4.52. The lowest BCUT2D eigenvalue weighted by molar-refractivity contribution is 0.991. The highest BCUT2D eigenvalue weighted by molar-refractivity contribution is 9.10. The number of fused-ring (bicyclic) bond motifs is 1. The molecule has 2 aromatic heterocycles. The first-order valence-corrected chi connectivity index (χ1v) is 7.64. The number of nitrogen functional groups attached to an aromatic ring is 1. The van der Waals surface area contributed by atoms with Crippen molar-refractivity contribution in [2.45, 2.75) is 20.8 Å². The van der Waals surface area contributed by atoms with Crippen molar-refractivity contribution in [1.29, 1.82) is 0 Å². The second-order valence-electron chi connectivity index (χ2n) is 5.00. The van der Waals surface area contributed by atoms with Crippen molar-refractivity contribution in [1.82, 2.24) is 14.5 Å². The van der Waals surface area contributed by atoms with Gasteiger partial charge >= 0.3 is 0 Å². The number of benzene rings is 1. The molecular formula is C15H14BrClN4. The van der Waals surface area contributed by atoms with Gasteiger partial charge in [0.15, 0.2) is 5.65 Å². The highest BCUT2D eigenvalue weighted by Crippen LogP contribution is 2.34. The van der Waals surface area contributed by atoms with E-state index >= 15 is 0 Å². The van der Waals surface area contributed by atoms with Crippen LogP contribution in [0.1, 0.15) is 17.1 Å². The molecule has 0 saturated heterocycles. The van der Waals surface area contributed by atoms with Crippen molar-refractivity contribution < 1.29 is 0 Å². The summed E-state index contributed by atoms with van der Waals surface area (Å²) < 4.78 is 2.99. The van der Waals surface area contributed by atoms with Gasteiger partial charge in [0.05, 0.1) is 11.1 Å². The van der Waals surface area contributed by atoms with Gasteiger partial charge in [-0.2, -0.15) is 0 Å². The molecule has 0 atom stereocenters. The molecule has 0 amide bonds. The quantitative estimate of drug-likeness (QED) is 0.697. The van der Waals surface area contributed by atoms with Gasteiger partial charge in [-0.3, -0.25) is 4.57 Å². The predicted octanol–water partition coefficient (Wildman–Crippen LogP) is 4.34. The standard InChI is InChI=1S/C15H14BrClN4/c1-7-8(2)21(12-5-4-10(17)6-11(12)16)15-13(7)14(18)19-9(3)20-15/h4-6H,1-3H3,(H2,18,19,20). The lowest BCUT2D eigenvalue weighted by atomic mass is 10.2. The fourth-order valence-corrected chi connectivity index (χ4v) is 3.43. The minimum absolute atomic E-state index is 0.516. The summed E-state index contributed by atoms with van der Waals surface area (Å²) in [6.45, 7) is 5.93. The van der Waals surface area contributed by atoms with E-state index in [9.17, 15) is 0 Å². The molecule has 3 rings (SSSR count). The third kappa shape index (κ3) is 2.21. The summed E-state index contributed by atoms with van der Waals surface area (Å²) in [5, 5.41) is 1.58. The average molecular weight is 366 g/mol. The molecule has 0 aliphatic rings. The lowest BCUT2D eigenvalue weighted by Gasteiger charge is -2.11. The Morgan fingerprint density at radius 2 is 1.90 bits per heavy atom. The highest BCUT2D eigenvalue weighted by Gasteiger charge is 2.18. The molecule has 0 fully saturated rings. The number of aryl methyl sites for hydroxylation is 2. The Kier molecular flexibility index (Phi) is 3.42. The number of halogens is 2. The smallest absolute Gasteiger partial charge is 0.150 e. The van der Waals surface area contributed by atoms with E-state index in [1.165, 1.54) is 0 Å². The molecular weight excluding hydrogens is 352 g/mol. The first-order chi connectivity index (χ1) is 9.90. The monoisotopic (exact) mass is 364 g/mol. The number of nitrogens with two attached hydrogens (primary N) is 1. The number of hydrogen-bond acceptors (Lipinski definition) is 3. The maximum atomic E-state index is 6.08. The third-order valence-electron chi connectivity index (χ3n) is 3.65. The Bertz CT molecular complexity index is 870. The maximum Gasteiger partial charge on any atom is 0.150 e. The van der Waals surface area contributed by atoms with Crippen LogP contribution < -0.4 is 5.73 Å². The van der Waals surface area contributed by atoms with E-state index < -0.39 is 0 Å². The van der Waals surface area contributed by atoms with E-state index in [0.717, 1.165) is 32.5 Å². The van der Waals surface area contributed by atoms with Gasteiger partial charge in [0, 0.05) is 15.2 Å². The normalized spacial score (nSPS) is 11.3. The Hall–Kier alpha value is -1.59. The predicted molar refractivity (Wildman–Crippen MR) is 90.2 cm³/mol. The van der Waals surface area contributed by atoms with Crippen molar-refractivity contribution in [3.05, 3.63) is 44.8 Å². The van der Waals surface area contributed by atoms with Gasteiger partial charge < -0.3 is 5.73 Å². The molecule has 0 radical (unpaired) electrons. The second kappa shape index (κ2) is 5.00. The molecule has 0 unspecified atom stereocenters. The number of nitrogens with zero attached hydrogens (tertiary/aromatic N) is 3. The zero-order chi connectivity index (χ0) is 15.3. The maximum absolute atomic E-state index is 6.08. The molecule has 0 bridgehead atoms. The van der Waals surface area contributed by atoms with Gasteiger partial charge in [-0.1, -0.05) is 11.6 Å². The van der Waals surface area contributed by atoms with E-state index in [2.05, 4.69) is 30.5 Å². The van der Waals surface area contributed by atoms with Crippen LogP contribution >= 0.6 is 27.5 Å². The summed E-state index contributed by atoms with van der Waals surface area (Å²) in [4.78, 5) is 8.84. The molecule has 4 nitrogen and oxygen atoms in total. The van der Waals surface area contributed by atoms with E-state index in [1.54, 1.807) is 0 Å². The minimum Gasteiger partial charge on any atom is -0.383 e. The molecule has 1 aromatic carbocycles. The SMILES string of the molecule is Cc1nc(N)c2c(C)c(C)n(-c3ccc(Cl)cc3Br)c2n1. The molecule has 108 valence electrons. The fourth-order valence-electron chi connectivity index (χ4n) is 2.57. The van der Waals surface area contributed by atoms with Crippen LogP contribution in [0.4, 0.5) is 5.82 Å². The van der Waals surface area contributed by atoms with Crippen molar-refractivity contribution in [2.24, 2.45) is 0 Å². The molecule has 0 spiro atoms. The molecule has 21 heavy (non-hydrogen) atoms. The van der Waals surface area contributed by atoms with Crippen LogP contribution in [0.15, 0.2) is 22.7 Å². The largest absolute Gasteiger partial charge is 0.383 e. The van der Waals surface area contributed by atoms with Gasteiger partial charge in [-0.05, 0) is 60.5 Å². The van der Waals surface area contributed by atoms with Crippen LogP contribution in [0.2, 0.25) is 5.02 Å². The molecule has 0 saturated carbocycles. The summed E-state index contributed by atoms with van der Waals surface area (Å²) in [5.41, 5.74) is 10.1. The number of rotatable bonds is 1. The van der Waals surface area contributed by atoms with Crippen LogP contribution in [-0.4, -0.2) is 14.5 Å². The van der Waals surface area contributed by atoms with Crippen molar-refractivity contribution in [3.8, 4) is 5.69 Å². The van der Waals surface area contributed by atoms with Gasteiger partial charge in [0.1, 0.15) is 11.6 Å². The first kappa shape index (κ1) is 14.4. The zero-order valence-electron chi connectivity index (χ0n) is 11.9. The number of aromatic nitrogens is 3. The van der Waals surface area contributed by atoms with Gasteiger partial charge in [0.2, 0.25) is 0 Å². The van der Waals surface area contributed by atoms with Gasteiger partial charge in [-0.25, -0.2) is 9.97 Å². The van der Waals surface area contributed by atoms with Crippen LogP contribution in [0, 0.1) is 20.8 Å². The fraction of sp³-hybridized carbons (Fsp3) is 0.200. The topological polar surface area (TPSA) is 56.7 Å². The Morgan fingerprint density at radius 1 is 1.19 bits per heavy atom. The summed E-state index contributed by atoms with van der Waals surface area (Å²) in [6, 6.07) is 5.69. The summed E-state index contributed by atoms with van der Waals surface area (Å²) in [6.07, 6.45) is 0. The Balaban J connectivity index is 2.45. The Labute approximate surface area is 136 Å². The zero-order valence-corrected chi connectivity index (χ0v) is 14.2. The summed E-state index contributed by atoms with van der Waals surface area (Å²) in [5.74, 6) is 1.17. The molecule has 2 N–H and O–H groups in total. The molecule has 3 aromatic rings. The molecule has 0 aliphatic carbocycles. The Morgan fingerprint density at radius 3 is 2.57 bits per heavy atom. The van der Waals surface area contributed by atoms with Crippen LogP contribution in [0.5, 0.6) is 0 Å². The number of hydrogen-bond donors (Lipinski definition) is 1. The number of anilines is 1. The van der Waals surface area contributed by atoms with Crippen LogP contribution in [0.25, 0.3) is 16.7 Å². The van der Waals surface area contributed by atoms with Crippen molar-refractivity contribution >= 4 is 44.4 Å². The summed E-state index contributed by atoms with van der Waals surface area (Å²) >= 11 is 9.60. The van der Waals surface area contributed by atoms with E-state index in [0.29, 0.717) is 16.7 Å². The van der Waals surface area contributed by atoms with Crippen molar-refractivity contribution in [2.75, 3.05) is 5.73 Å². The minimum atomic E-state index is 0.516. The van der Waals surface area contributed by atoms with Crippen LogP contribution in [-0.2, 0) is 0 Å². The highest BCUT2D eigenvalue weighted by atomic mass is 79.9. The van der Waals surface area contributed by atoms with Gasteiger partial charge in [0.25, 0.3) is 0 Å². The lowest BCUT2D eigenvalue weighted by Crippen LogP contribution is -2.02. The molecule has 0 aliphatic heterocycles. The van der Waals surface area contributed by atoms with E-state index in [-0.39, 0.29) is 0 Å². The average Bonchev–Trinajstić information content (AvgIpc) is 2.63. The summed E-state index contributed by atoms with van der Waals surface area (Å²) in [7, 11) is 0. The van der Waals surface area contributed by atoms with Crippen molar-refractivity contribution in [3.63, 3.8) is 0 Å². The second-order valence-corrected chi connectivity index (χ2v) is 6.29. The molecule has 6 heteroatoms. The van der Waals surface area contributed by atoms with E-state index in [4.69, 9.17) is 17.3 Å². The van der Waals surface area contributed by atoms with E-state index in [1.807, 2.05) is 39.0 Å².